The smallest absolute Gasteiger partial charge is 0.338 e. The molecule has 0 amide bonds. The Morgan fingerprint density at radius 3 is 2.42 bits per heavy atom. The van der Waals surface area contributed by atoms with Gasteiger partial charge in [0.25, 0.3) is 0 Å². The Labute approximate surface area is 150 Å². The van der Waals surface area contributed by atoms with Crippen LogP contribution in [-0.2, 0) is 19.1 Å². The number of fused-ring (bicyclic) bond motifs is 1. The molecule has 2 aromatic rings. The molecule has 0 N–H and O–H groups in total. The molecule has 1 heterocycles. The molecule has 1 saturated carbocycles. The maximum Gasteiger partial charge on any atom is 0.338 e. The Morgan fingerprint density at radius 2 is 1.73 bits per heavy atom. The zero-order valence-electron chi connectivity index (χ0n) is 14.0. The van der Waals surface area contributed by atoms with Crippen LogP contribution in [0.5, 0.6) is 0 Å². The van der Waals surface area contributed by atoms with Crippen LogP contribution in [0.2, 0.25) is 0 Å². The molecule has 0 radical (unpaired) electrons. The first-order chi connectivity index (χ1) is 12.7. The summed E-state index contributed by atoms with van der Waals surface area (Å²) in [5.41, 5.74) is 2.51. The normalized spacial score (nSPS) is 26.8. The Balaban J connectivity index is 1.45. The van der Waals surface area contributed by atoms with Crippen LogP contribution in [-0.4, -0.2) is 30.4 Å². The fourth-order valence-corrected chi connectivity index (χ4v) is 3.85. The minimum Gasteiger partial charge on any atom is -0.462 e. The third kappa shape index (κ3) is 3.01. The van der Waals surface area contributed by atoms with E-state index in [2.05, 4.69) is 0 Å². The molecule has 0 aromatic heterocycles. The van der Waals surface area contributed by atoms with Crippen LogP contribution >= 0.6 is 0 Å². The Hall–Kier alpha value is -2.95. The summed E-state index contributed by atoms with van der Waals surface area (Å²) in [7, 11) is 0. The maximum atomic E-state index is 12.4. The molecule has 2 fully saturated rings. The first kappa shape index (κ1) is 16.5. The molecule has 1 unspecified atom stereocenters. The molecule has 2 aliphatic rings. The van der Waals surface area contributed by atoms with E-state index in [0.29, 0.717) is 12.0 Å². The van der Waals surface area contributed by atoms with E-state index < -0.39 is 18.0 Å². The van der Waals surface area contributed by atoms with Crippen molar-refractivity contribution in [2.75, 3.05) is 0 Å². The number of carbonyl (C=O) groups excluding carboxylic acids is 3. The minimum atomic E-state index is -0.545. The number of hydrogen-bond donors (Lipinski definition) is 0. The first-order valence-electron chi connectivity index (χ1n) is 8.67. The highest BCUT2D eigenvalue weighted by Gasteiger charge is 2.51. The highest BCUT2D eigenvalue weighted by molar-refractivity contribution is 5.90. The summed E-state index contributed by atoms with van der Waals surface area (Å²) in [6.07, 6.45) is 0.512. The second kappa shape index (κ2) is 6.75. The van der Waals surface area contributed by atoms with Gasteiger partial charge in [-0.1, -0.05) is 42.5 Å². The van der Waals surface area contributed by atoms with E-state index in [0.717, 1.165) is 17.4 Å². The van der Waals surface area contributed by atoms with Gasteiger partial charge in [0, 0.05) is 12.3 Å². The summed E-state index contributed by atoms with van der Waals surface area (Å²) in [5.74, 6) is -1.42. The van der Waals surface area contributed by atoms with Gasteiger partial charge in [-0.2, -0.15) is 0 Å². The zero-order valence-corrected chi connectivity index (χ0v) is 14.0. The van der Waals surface area contributed by atoms with Gasteiger partial charge in [0.1, 0.15) is 18.5 Å². The van der Waals surface area contributed by atoms with Gasteiger partial charge < -0.3 is 14.3 Å². The van der Waals surface area contributed by atoms with Crippen molar-refractivity contribution in [3.63, 3.8) is 0 Å². The molecular weight excluding hydrogens is 332 g/mol. The van der Waals surface area contributed by atoms with Crippen molar-refractivity contribution in [3.05, 3.63) is 60.2 Å². The number of rotatable bonds is 4. The van der Waals surface area contributed by atoms with Crippen molar-refractivity contribution in [2.24, 2.45) is 11.8 Å². The van der Waals surface area contributed by atoms with Crippen molar-refractivity contribution in [2.45, 2.75) is 25.0 Å². The van der Waals surface area contributed by atoms with E-state index in [1.807, 2.05) is 42.5 Å². The summed E-state index contributed by atoms with van der Waals surface area (Å²) in [6.45, 7) is 0. The highest BCUT2D eigenvalue weighted by Crippen LogP contribution is 2.42. The number of carbonyl (C=O) groups is 3. The number of aldehydes is 1. The van der Waals surface area contributed by atoms with Gasteiger partial charge in [-0.25, -0.2) is 4.79 Å². The van der Waals surface area contributed by atoms with Gasteiger partial charge in [0.2, 0.25) is 0 Å². The molecular formula is C21H18O5. The predicted molar refractivity (Wildman–Crippen MR) is 93.2 cm³/mol. The third-order valence-corrected chi connectivity index (χ3v) is 5.19. The van der Waals surface area contributed by atoms with E-state index in [-0.39, 0.29) is 24.4 Å². The van der Waals surface area contributed by atoms with Gasteiger partial charge in [-0.05, 0) is 23.3 Å². The van der Waals surface area contributed by atoms with Crippen LogP contribution in [0, 0.1) is 11.8 Å². The molecule has 132 valence electrons. The Kier molecular flexibility index (Phi) is 4.29. The van der Waals surface area contributed by atoms with Gasteiger partial charge >= 0.3 is 11.9 Å². The second-order valence-electron chi connectivity index (χ2n) is 6.73. The number of hydrogen-bond acceptors (Lipinski definition) is 5. The van der Waals surface area contributed by atoms with Crippen LogP contribution in [0.15, 0.2) is 54.6 Å². The molecule has 0 spiro atoms. The first-order valence-corrected chi connectivity index (χ1v) is 8.67. The summed E-state index contributed by atoms with van der Waals surface area (Å²) in [6, 6.07) is 17.0. The van der Waals surface area contributed by atoms with E-state index in [4.69, 9.17) is 9.47 Å². The largest absolute Gasteiger partial charge is 0.462 e. The topological polar surface area (TPSA) is 69.7 Å². The molecule has 0 bridgehead atoms. The zero-order chi connectivity index (χ0) is 18.1. The Morgan fingerprint density at radius 1 is 1.04 bits per heavy atom. The third-order valence-electron chi connectivity index (χ3n) is 5.19. The lowest BCUT2D eigenvalue weighted by molar-refractivity contribution is -0.141. The van der Waals surface area contributed by atoms with E-state index in [9.17, 15) is 14.4 Å². The van der Waals surface area contributed by atoms with Gasteiger partial charge in [-0.3, -0.25) is 4.79 Å². The van der Waals surface area contributed by atoms with Crippen LogP contribution in [0.4, 0.5) is 0 Å². The van der Waals surface area contributed by atoms with Crippen molar-refractivity contribution in [1.82, 2.24) is 0 Å². The highest BCUT2D eigenvalue weighted by atomic mass is 16.6. The van der Waals surface area contributed by atoms with Crippen LogP contribution in [0.1, 0.15) is 23.2 Å². The van der Waals surface area contributed by atoms with Crippen LogP contribution < -0.4 is 0 Å². The minimum absolute atomic E-state index is 0.182. The molecule has 2 aromatic carbocycles. The lowest BCUT2D eigenvalue weighted by Gasteiger charge is -2.18. The van der Waals surface area contributed by atoms with Gasteiger partial charge in [-0.15, -0.1) is 0 Å². The summed E-state index contributed by atoms with van der Waals surface area (Å²) < 4.78 is 10.8. The molecule has 4 rings (SSSR count). The molecule has 26 heavy (non-hydrogen) atoms. The Bertz CT molecular complexity index is 827. The molecule has 1 aliphatic heterocycles. The van der Waals surface area contributed by atoms with Crippen LogP contribution in [0.3, 0.4) is 0 Å². The molecule has 5 heteroatoms. The lowest BCUT2D eigenvalue weighted by Crippen LogP contribution is -2.27. The van der Waals surface area contributed by atoms with Crippen molar-refractivity contribution in [3.8, 4) is 11.1 Å². The fraction of sp³-hybridized carbons (Fsp3) is 0.286. The van der Waals surface area contributed by atoms with E-state index in [1.165, 1.54) is 0 Å². The van der Waals surface area contributed by atoms with E-state index in [1.54, 1.807) is 12.1 Å². The molecule has 4 atom stereocenters. The molecule has 1 aliphatic carbocycles. The fourth-order valence-electron chi connectivity index (χ4n) is 3.85. The molecule has 5 nitrogen and oxygen atoms in total. The van der Waals surface area contributed by atoms with E-state index >= 15 is 0 Å². The average molecular weight is 350 g/mol. The summed E-state index contributed by atoms with van der Waals surface area (Å²) >= 11 is 0. The van der Waals surface area contributed by atoms with Crippen molar-refractivity contribution < 1.29 is 23.9 Å². The second-order valence-corrected chi connectivity index (χ2v) is 6.73. The molecule has 1 saturated heterocycles. The van der Waals surface area contributed by atoms with Gasteiger partial charge in [0.05, 0.1) is 17.9 Å². The van der Waals surface area contributed by atoms with Gasteiger partial charge in [0.15, 0.2) is 0 Å². The summed E-state index contributed by atoms with van der Waals surface area (Å²) in [4.78, 5) is 35.2. The monoisotopic (exact) mass is 350 g/mol. The number of esters is 2. The van der Waals surface area contributed by atoms with Crippen LogP contribution in [0.25, 0.3) is 11.1 Å². The SMILES string of the molecule is O=CC1[C@H]2CC(=O)O[C@H]2C[C@H]1OC(=O)c1ccc(-c2ccccc2)cc1. The standard InChI is InChI=1S/C21H18O5/c22-12-17-16-10-20(23)25-18(16)11-19(17)26-21(24)15-8-6-14(7-9-15)13-4-2-1-3-5-13/h1-9,12,16-19H,10-11H2/t16-,17?,18+,19-/m1/s1. The number of benzene rings is 2. The predicted octanol–water partition coefficient (Wildman–Crippen LogP) is 3.03. The van der Waals surface area contributed by atoms with Crippen molar-refractivity contribution >= 4 is 18.2 Å². The maximum absolute atomic E-state index is 12.4. The quantitative estimate of drug-likeness (QED) is 0.626. The number of ether oxygens (including phenoxy) is 2. The van der Waals surface area contributed by atoms with Crippen molar-refractivity contribution in [1.29, 1.82) is 0 Å². The summed E-state index contributed by atoms with van der Waals surface area (Å²) in [5, 5.41) is 0. The lowest BCUT2D eigenvalue weighted by atomic mass is 9.93. The average Bonchev–Trinajstić information content (AvgIpc) is 3.17.